The normalized spacial score (nSPS) is 32.6. The van der Waals surface area contributed by atoms with Gasteiger partial charge in [0.05, 0.1) is 12.1 Å². The third-order valence-electron chi connectivity index (χ3n) is 4.95. The van der Waals surface area contributed by atoms with Gasteiger partial charge in [-0.25, -0.2) is 4.79 Å². The minimum absolute atomic E-state index is 0.0409. The van der Waals surface area contributed by atoms with E-state index in [0.717, 1.165) is 0 Å². The maximum Gasteiger partial charge on any atom is 0.326 e. The van der Waals surface area contributed by atoms with Crippen molar-refractivity contribution >= 4 is 23.7 Å². The molecule has 4 N–H and O–H groups in total. The molecule has 1 aliphatic carbocycles. The van der Waals surface area contributed by atoms with Crippen LogP contribution >= 0.6 is 0 Å². The van der Waals surface area contributed by atoms with E-state index in [1.165, 1.54) is 6.92 Å². The van der Waals surface area contributed by atoms with Crippen molar-refractivity contribution in [2.45, 2.75) is 50.9 Å². The predicted octanol–water partition coefficient (Wildman–Crippen LogP) is -1.75. The zero-order valence-electron chi connectivity index (χ0n) is 13.7. The SMILES string of the molecule is CC(=O)N[C@@H](CC1C(C)C([N+](=O)[O-])CC2NC(=O)C(=O)NC21)C(=O)O. The van der Waals surface area contributed by atoms with Gasteiger partial charge in [0.25, 0.3) is 0 Å². The minimum Gasteiger partial charge on any atom is -0.480 e. The molecule has 0 aromatic carbocycles. The Kier molecular flexibility index (Phi) is 5.24. The Morgan fingerprint density at radius 3 is 2.48 bits per heavy atom. The zero-order valence-corrected chi connectivity index (χ0v) is 13.7. The van der Waals surface area contributed by atoms with E-state index in [9.17, 15) is 34.4 Å². The summed E-state index contributed by atoms with van der Waals surface area (Å²) in [4.78, 5) is 56.7. The van der Waals surface area contributed by atoms with E-state index in [4.69, 9.17) is 0 Å². The fourth-order valence-corrected chi connectivity index (χ4v) is 3.72. The van der Waals surface area contributed by atoms with Crippen molar-refractivity contribution < 1.29 is 29.2 Å². The highest BCUT2D eigenvalue weighted by Crippen LogP contribution is 2.36. The van der Waals surface area contributed by atoms with E-state index < -0.39 is 64.6 Å². The molecule has 0 bridgehead atoms. The van der Waals surface area contributed by atoms with Crippen LogP contribution in [0.15, 0.2) is 0 Å². The molecule has 138 valence electrons. The number of rotatable bonds is 5. The molecule has 25 heavy (non-hydrogen) atoms. The quantitative estimate of drug-likeness (QED) is 0.257. The van der Waals surface area contributed by atoms with Crippen LogP contribution in [-0.2, 0) is 19.2 Å². The number of hydrogen-bond acceptors (Lipinski definition) is 6. The number of carboxylic acid groups (broad SMARTS) is 1. The predicted molar refractivity (Wildman–Crippen MR) is 81.8 cm³/mol. The first-order valence-corrected chi connectivity index (χ1v) is 7.86. The molecule has 5 unspecified atom stereocenters. The van der Waals surface area contributed by atoms with Crippen LogP contribution in [0.4, 0.5) is 0 Å². The second kappa shape index (κ2) is 7.03. The summed E-state index contributed by atoms with van der Waals surface area (Å²) >= 11 is 0. The van der Waals surface area contributed by atoms with E-state index >= 15 is 0 Å². The first kappa shape index (κ1) is 18.6. The van der Waals surface area contributed by atoms with E-state index in [1.807, 2.05) is 0 Å². The summed E-state index contributed by atoms with van der Waals surface area (Å²) in [6.45, 7) is 2.79. The summed E-state index contributed by atoms with van der Waals surface area (Å²) in [6, 6.07) is -3.53. The fraction of sp³-hybridized carbons (Fsp3) is 0.714. The molecule has 0 aromatic heterocycles. The zero-order chi connectivity index (χ0) is 18.9. The van der Waals surface area contributed by atoms with Crippen molar-refractivity contribution in [2.24, 2.45) is 11.8 Å². The number of nitro groups is 1. The Bertz CT molecular complexity index is 622. The average molecular weight is 356 g/mol. The molecule has 1 aliphatic heterocycles. The Morgan fingerprint density at radius 1 is 1.36 bits per heavy atom. The standard InChI is InChI=1S/C14H20N4O7/c1-5-7(3-9(14(22)23)15-6(2)19)11-8(4-10(5)18(24)25)16-12(20)13(21)17-11/h5,7-11H,3-4H2,1-2H3,(H,15,19)(H,16,20)(H,17,21)(H,22,23)/t5?,7?,8?,9-,10?,11?/m0/s1. The van der Waals surface area contributed by atoms with Gasteiger partial charge >= 0.3 is 17.8 Å². The maximum atomic E-state index is 11.7. The van der Waals surface area contributed by atoms with E-state index in [-0.39, 0.29) is 12.8 Å². The fourth-order valence-electron chi connectivity index (χ4n) is 3.72. The Morgan fingerprint density at radius 2 is 1.96 bits per heavy atom. The van der Waals surface area contributed by atoms with Crippen molar-refractivity contribution in [1.29, 1.82) is 0 Å². The maximum absolute atomic E-state index is 11.7. The van der Waals surface area contributed by atoms with Crippen LogP contribution in [-0.4, -0.2) is 57.9 Å². The second-order valence-corrected chi connectivity index (χ2v) is 6.52. The lowest BCUT2D eigenvalue weighted by molar-refractivity contribution is -0.538. The lowest BCUT2D eigenvalue weighted by atomic mass is 9.68. The highest BCUT2D eigenvalue weighted by atomic mass is 16.6. The van der Waals surface area contributed by atoms with Crippen LogP contribution in [0.3, 0.4) is 0 Å². The van der Waals surface area contributed by atoms with Crippen LogP contribution in [0.25, 0.3) is 0 Å². The highest BCUT2D eigenvalue weighted by molar-refractivity contribution is 6.35. The number of nitrogens with one attached hydrogen (secondary N) is 3. The molecule has 0 spiro atoms. The van der Waals surface area contributed by atoms with Crippen molar-refractivity contribution in [2.75, 3.05) is 0 Å². The van der Waals surface area contributed by atoms with Crippen LogP contribution < -0.4 is 16.0 Å². The van der Waals surface area contributed by atoms with Gasteiger partial charge in [0, 0.05) is 24.2 Å². The topological polar surface area (TPSA) is 168 Å². The third kappa shape index (κ3) is 3.86. The number of amides is 3. The number of carboxylic acids is 1. The number of carbonyl (C=O) groups is 4. The van der Waals surface area contributed by atoms with Crippen molar-refractivity contribution in [3.8, 4) is 0 Å². The summed E-state index contributed by atoms with van der Waals surface area (Å²) in [5.41, 5.74) is 0. The third-order valence-corrected chi connectivity index (χ3v) is 4.95. The summed E-state index contributed by atoms with van der Waals surface area (Å²) in [5, 5.41) is 27.9. The van der Waals surface area contributed by atoms with Gasteiger partial charge in [-0.3, -0.25) is 24.5 Å². The lowest BCUT2D eigenvalue weighted by Gasteiger charge is -2.45. The molecule has 1 heterocycles. The molecule has 0 aromatic rings. The molecular weight excluding hydrogens is 336 g/mol. The summed E-state index contributed by atoms with van der Waals surface area (Å²) in [7, 11) is 0. The molecule has 6 atom stereocenters. The van der Waals surface area contributed by atoms with Crippen LogP contribution in [0.2, 0.25) is 0 Å². The van der Waals surface area contributed by atoms with Crippen LogP contribution in [0.5, 0.6) is 0 Å². The number of hydrogen-bond donors (Lipinski definition) is 4. The Hall–Kier alpha value is -2.72. The minimum atomic E-state index is -1.27. The first-order chi connectivity index (χ1) is 11.6. The number of fused-ring (bicyclic) bond motifs is 1. The van der Waals surface area contributed by atoms with Gasteiger partial charge in [-0.15, -0.1) is 0 Å². The molecule has 3 amide bonds. The smallest absolute Gasteiger partial charge is 0.326 e. The Labute approximate surface area is 142 Å². The van der Waals surface area contributed by atoms with Gasteiger partial charge in [-0.1, -0.05) is 6.92 Å². The second-order valence-electron chi connectivity index (χ2n) is 6.52. The first-order valence-electron chi connectivity index (χ1n) is 7.86. The molecule has 0 radical (unpaired) electrons. The summed E-state index contributed by atoms with van der Waals surface area (Å²) in [6.07, 6.45) is -0.0586. The molecule has 2 rings (SSSR count). The molecule has 11 heteroatoms. The molecule has 1 saturated carbocycles. The van der Waals surface area contributed by atoms with E-state index in [1.54, 1.807) is 6.92 Å². The largest absolute Gasteiger partial charge is 0.480 e. The molecular formula is C14H20N4O7. The van der Waals surface area contributed by atoms with Crippen molar-refractivity contribution in [3.05, 3.63) is 10.1 Å². The monoisotopic (exact) mass is 356 g/mol. The molecule has 11 nitrogen and oxygen atoms in total. The molecule has 1 saturated heterocycles. The van der Waals surface area contributed by atoms with Crippen molar-refractivity contribution in [3.63, 3.8) is 0 Å². The number of carbonyl (C=O) groups excluding carboxylic acids is 3. The van der Waals surface area contributed by atoms with E-state index in [2.05, 4.69) is 16.0 Å². The average Bonchev–Trinajstić information content (AvgIpc) is 2.49. The summed E-state index contributed by atoms with van der Waals surface area (Å²) < 4.78 is 0. The lowest BCUT2D eigenvalue weighted by Crippen LogP contribution is -2.69. The number of nitrogens with zero attached hydrogens (tertiary/aromatic N) is 1. The number of aliphatic carboxylic acids is 1. The van der Waals surface area contributed by atoms with Crippen LogP contribution in [0, 0.1) is 22.0 Å². The highest BCUT2D eigenvalue weighted by Gasteiger charge is 2.52. The van der Waals surface area contributed by atoms with Gasteiger partial charge in [0.15, 0.2) is 0 Å². The van der Waals surface area contributed by atoms with Gasteiger partial charge in [0.1, 0.15) is 6.04 Å². The molecule has 2 aliphatic rings. The van der Waals surface area contributed by atoms with E-state index in [0.29, 0.717) is 0 Å². The van der Waals surface area contributed by atoms with Gasteiger partial charge < -0.3 is 21.1 Å². The summed E-state index contributed by atoms with van der Waals surface area (Å²) in [5.74, 6) is -4.70. The van der Waals surface area contributed by atoms with Gasteiger partial charge in [-0.2, -0.15) is 0 Å². The van der Waals surface area contributed by atoms with Crippen molar-refractivity contribution in [1.82, 2.24) is 16.0 Å². The number of piperazine rings is 1. The van der Waals surface area contributed by atoms with Gasteiger partial charge in [-0.05, 0) is 12.3 Å². The van der Waals surface area contributed by atoms with Gasteiger partial charge in [0.2, 0.25) is 11.9 Å². The van der Waals surface area contributed by atoms with Crippen LogP contribution in [0.1, 0.15) is 26.7 Å². The molecule has 2 fully saturated rings. The Balaban J connectivity index is 2.30.